The molecule has 3 aromatic rings. The molecule has 2 amide bonds. The molecule has 2 aliphatic rings. The van der Waals surface area contributed by atoms with E-state index in [0.717, 1.165) is 18.6 Å². The molecule has 11 heteroatoms. The quantitative estimate of drug-likeness (QED) is 0.314. The average molecular weight is 629 g/mol. The first-order valence-corrected chi connectivity index (χ1v) is 15.5. The SMILES string of the molecule is Cc1ccc(OC2CCN(C(=O)C3(n4cc(-c5cc(Cl)cc(Cl)c5)nn4)CCN(C(=O)OC(C)(C)C)CC3)CC2)cc1C. The van der Waals surface area contributed by atoms with Crippen molar-refractivity contribution in [1.29, 1.82) is 0 Å². The highest BCUT2D eigenvalue weighted by molar-refractivity contribution is 6.35. The van der Waals surface area contributed by atoms with E-state index in [1.807, 2.05) is 31.7 Å². The average Bonchev–Trinajstić information content (AvgIpc) is 3.45. The summed E-state index contributed by atoms with van der Waals surface area (Å²) < 4.78 is 13.6. The summed E-state index contributed by atoms with van der Waals surface area (Å²) in [7, 11) is 0. The molecule has 0 saturated carbocycles. The maximum atomic E-state index is 14.4. The van der Waals surface area contributed by atoms with Crippen LogP contribution in [0.5, 0.6) is 5.75 Å². The van der Waals surface area contributed by atoms with Crippen molar-refractivity contribution in [3.05, 3.63) is 63.8 Å². The van der Waals surface area contributed by atoms with Crippen LogP contribution in [-0.2, 0) is 15.1 Å². The normalized spacial score (nSPS) is 17.6. The first-order chi connectivity index (χ1) is 20.3. The minimum absolute atomic E-state index is 0.0263. The van der Waals surface area contributed by atoms with E-state index in [2.05, 4.69) is 36.3 Å². The molecule has 2 fully saturated rings. The van der Waals surface area contributed by atoms with E-state index in [9.17, 15) is 9.59 Å². The largest absolute Gasteiger partial charge is 0.490 e. The van der Waals surface area contributed by atoms with Crippen LogP contribution in [0.3, 0.4) is 0 Å². The molecule has 0 unspecified atom stereocenters. The number of amides is 2. The molecule has 0 N–H and O–H groups in total. The van der Waals surface area contributed by atoms with Gasteiger partial charge in [0.1, 0.15) is 28.7 Å². The van der Waals surface area contributed by atoms with Gasteiger partial charge in [0.25, 0.3) is 5.91 Å². The highest BCUT2D eigenvalue weighted by Crippen LogP contribution is 2.35. The second-order valence-corrected chi connectivity index (χ2v) is 13.4. The van der Waals surface area contributed by atoms with Crippen LogP contribution in [0.4, 0.5) is 4.79 Å². The number of carbonyl (C=O) groups excluding carboxylic acids is 2. The Labute approximate surface area is 263 Å². The van der Waals surface area contributed by atoms with Crippen molar-refractivity contribution < 1.29 is 19.1 Å². The predicted molar refractivity (Wildman–Crippen MR) is 167 cm³/mol. The molecule has 230 valence electrons. The zero-order chi connectivity index (χ0) is 30.9. The summed E-state index contributed by atoms with van der Waals surface area (Å²) >= 11 is 12.5. The Bertz CT molecular complexity index is 1460. The Morgan fingerprint density at radius 3 is 2.16 bits per heavy atom. The lowest BCUT2D eigenvalue weighted by Crippen LogP contribution is -2.58. The Kier molecular flexibility index (Phi) is 8.95. The van der Waals surface area contributed by atoms with Gasteiger partial charge < -0.3 is 19.3 Å². The minimum atomic E-state index is -1.01. The molecule has 0 bridgehead atoms. The van der Waals surface area contributed by atoms with Crippen LogP contribution in [0.2, 0.25) is 10.0 Å². The van der Waals surface area contributed by atoms with Crippen molar-refractivity contribution in [3.8, 4) is 17.0 Å². The Balaban J connectivity index is 1.35. The first-order valence-electron chi connectivity index (χ1n) is 14.7. The number of aromatic nitrogens is 3. The van der Waals surface area contributed by atoms with Gasteiger partial charge in [-0.2, -0.15) is 0 Å². The molecule has 5 rings (SSSR count). The van der Waals surface area contributed by atoms with E-state index < -0.39 is 11.1 Å². The van der Waals surface area contributed by atoms with Crippen molar-refractivity contribution in [2.75, 3.05) is 26.2 Å². The molecular weight excluding hydrogens is 589 g/mol. The van der Waals surface area contributed by atoms with Gasteiger partial charge in [-0.1, -0.05) is 34.5 Å². The van der Waals surface area contributed by atoms with E-state index in [4.69, 9.17) is 32.7 Å². The van der Waals surface area contributed by atoms with E-state index in [-0.39, 0.29) is 18.1 Å². The van der Waals surface area contributed by atoms with E-state index in [1.54, 1.807) is 34.0 Å². The van der Waals surface area contributed by atoms with Gasteiger partial charge in [-0.15, -0.1) is 5.10 Å². The number of ether oxygens (including phenoxy) is 2. The van der Waals surface area contributed by atoms with Gasteiger partial charge in [-0.05, 0) is 88.9 Å². The highest BCUT2D eigenvalue weighted by Gasteiger charge is 2.48. The summed E-state index contributed by atoms with van der Waals surface area (Å²) in [6.07, 6.45) is 3.63. The second-order valence-electron chi connectivity index (χ2n) is 12.6. The van der Waals surface area contributed by atoms with Gasteiger partial charge in [-0.3, -0.25) is 4.79 Å². The molecule has 2 aromatic carbocycles. The molecule has 1 aromatic heterocycles. The number of nitrogens with zero attached hydrogens (tertiary/aromatic N) is 5. The monoisotopic (exact) mass is 627 g/mol. The number of halogens is 2. The molecule has 43 heavy (non-hydrogen) atoms. The lowest BCUT2D eigenvalue weighted by molar-refractivity contribution is -0.146. The number of hydrogen-bond donors (Lipinski definition) is 0. The Hall–Kier alpha value is -3.30. The van der Waals surface area contributed by atoms with E-state index >= 15 is 0 Å². The standard InChI is InChI=1S/C32H39Cl2N5O4/c1-21-6-7-27(16-22(21)2)42-26-8-12-37(13-9-26)29(40)32(10-14-38(15-11-32)30(41)43-31(3,4)5)39-20-28(35-36-39)23-17-24(33)19-25(34)18-23/h6-7,16-20,26H,8-15H2,1-5H3. The second kappa shape index (κ2) is 12.4. The fraction of sp³-hybridized carbons (Fsp3) is 0.500. The van der Waals surface area contributed by atoms with E-state index in [1.165, 1.54) is 11.1 Å². The third kappa shape index (κ3) is 7.10. The molecule has 3 heterocycles. The summed E-state index contributed by atoms with van der Waals surface area (Å²) in [6, 6.07) is 11.3. The molecule has 2 saturated heterocycles. The van der Waals surface area contributed by atoms with Crippen LogP contribution in [0, 0.1) is 13.8 Å². The lowest BCUT2D eigenvalue weighted by Gasteiger charge is -2.44. The first kappa shape index (κ1) is 31.1. The van der Waals surface area contributed by atoms with Crippen LogP contribution in [-0.4, -0.2) is 74.7 Å². The number of carbonyl (C=O) groups is 2. The molecular formula is C32H39Cl2N5O4. The number of rotatable bonds is 5. The lowest BCUT2D eigenvalue weighted by atomic mass is 9.85. The topological polar surface area (TPSA) is 89.8 Å². The fourth-order valence-electron chi connectivity index (χ4n) is 5.68. The van der Waals surface area contributed by atoms with Crippen molar-refractivity contribution in [3.63, 3.8) is 0 Å². The maximum Gasteiger partial charge on any atom is 0.410 e. The third-order valence-corrected chi connectivity index (χ3v) is 8.68. The Morgan fingerprint density at radius 1 is 0.907 bits per heavy atom. The van der Waals surface area contributed by atoms with Gasteiger partial charge in [0, 0.05) is 54.6 Å². The van der Waals surface area contributed by atoms with Crippen LogP contribution in [0.15, 0.2) is 42.6 Å². The number of benzene rings is 2. The summed E-state index contributed by atoms with van der Waals surface area (Å²) in [5, 5.41) is 9.81. The van der Waals surface area contributed by atoms with Gasteiger partial charge in [-0.25, -0.2) is 9.48 Å². The third-order valence-electron chi connectivity index (χ3n) is 8.24. The summed E-state index contributed by atoms with van der Waals surface area (Å²) in [5.41, 5.74) is 2.08. The van der Waals surface area contributed by atoms with Crippen LogP contribution < -0.4 is 4.74 Å². The maximum absolute atomic E-state index is 14.4. The van der Waals surface area contributed by atoms with Crippen molar-refractivity contribution in [2.24, 2.45) is 0 Å². The number of hydrogen-bond acceptors (Lipinski definition) is 6. The zero-order valence-corrected chi connectivity index (χ0v) is 26.9. The van der Waals surface area contributed by atoms with Crippen molar-refractivity contribution in [1.82, 2.24) is 24.8 Å². The van der Waals surface area contributed by atoms with Gasteiger partial charge in [0.2, 0.25) is 0 Å². The summed E-state index contributed by atoms with van der Waals surface area (Å²) in [4.78, 5) is 30.8. The van der Waals surface area contributed by atoms with Crippen molar-refractivity contribution in [2.45, 2.75) is 77.5 Å². The van der Waals surface area contributed by atoms with E-state index in [0.29, 0.717) is 60.3 Å². The Morgan fingerprint density at radius 2 is 1.56 bits per heavy atom. The smallest absolute Gasteiger partial charge is 0.410 e. The minimum Gasteiger partial charge on any atom is -0.490 e. The molecule has 0 spiro atoms. The molecule has 0 radical (unpaired) electrons. The molecule has 0 atom stereocenters. The summed E-state index contributed by atoms with van der Waals surface area (Å²) in [6.45, 7) is 11.5. The molecule has 9 nitrogen and oxygen atoms in total. The van der Waals surface area contributed by atoms with Gasteiger partial charge >= 0.3 is 6.09 Å². The van der Waals surface area contributed by atoms with Crippen LogP contribution >= 0.6 is 23.2 Å². The van der Waals surface area contributed by atoms with Crippen molar-refractivity contribution >= 4 is 35.2 Å². The summed E-state index contributed by atoms with van der Waals surface area (Å²) in [5.74, 6) is 0.830. The van der Waals surface area contributed by atoms with Crippen LogP contribution in [0.25, 0.3) is 11.3 Å². The van der Waals surface area contributed by atoms with Gasteiger partial charge in [0.15, 0.2) is 0 Å². The van der Waals surface area contributed by atoms with Gasteiger partial charge in [0.05, 0.1) is 6.20 Å². The molecule has 0 aliphatic carbocycles. The number of likely N-dealkylation sites (tertiary alicyclic amines) is 2. The predicted octanol–water partition coefficient (Wildman–Crippen LogP) is 6.66. The fourth-order valence-corrected chi connectivity index (χ4v) is 6.21. The zero-order valence-electron chi connectivity index (χ0n) is 25.4. The highest BCUT2D eigenvalue weighted by atomic mass is 35.5. The van der Waals surface area contributed by atoms with Crippen LogP contribution in [0.1, 0.15) is 57.6 Å². The number of piperidine rings is 2. The molecule has 2 aliphatic heterocycles. The number of aryl methyl sites for hydroxylation is 2.